The molecule has 21 heavy (non-hydrogen) atoms. The fourth-order valence-electron chi connectivity index (χ4n) is 2.70. The first kappa shape index (κ1) is 13.8. The van der Waals surface area contributed by atoms with Crippen LogP contribution in [-0.4, -0.2) is 27.8 Å². The van der Waals surface area contributed by atoms with Crippen LogP contribution in [-0.2, 0) is 6.42 Å². The minimum atomic E-state index is -0.445. The summed E-state index contributed by atoms with van der Waals surface area (Å²) < 4.78 is 5.38. The maximum Gasteiger partial charge on any atom is 0.226 e. The molecule has 1 aliphatic rings. The largest absolute Gasteiger partial charge is 0.478 e. The van der Waals surface area contributed by atoms with Crippen molar-refractivity contribution in [1.29, 1.82) is 0 Å². The van der Waals surface area contributed by atoms with Crippen LogP contribution >= 0.6 is 0 Å². The van der Waals surface area contributed by atoms with Crippen LogP contribution in [0.5, 0.6) is 5.88 Å². The summed E-state index contributed by atoms with van der Waals surface area (Å²) in [6, 6.07) is 9.70. The molecule has 0 saturated heterocycles. The second-order valence-electron chi connectivity index (χ2n) is 5.08. The molecule has 2 N–H and O–H groups in total. The van der Waals surface area contributed by atoms with Gasteiger partial charge >= 0.3 is 0 Å². The van der Waals surface area contributed by atoms with Crippen LogP contribution in [0.25, 0.3) is 0 Å². The van der Waals surface area contributed by atoms with Gasteiger partial charge in [0.05, 0.1) is 18.8 Å². The SMILES string of the molecule is CCOc1ccnc(N[C@H]2c3ccccc3CC[C@H]2O)n1. The molecule has 0 amide bonds. The third kappa shape index (κ3) is 2.97. The van der Waals surface area contributed by atoms with Gasteiger partial charge in [-0.25, -0.2) is 4.98 Å². The van der Waals surface area contributed by atoms with Gasteiger partial charge in [-0.15, -0.1) is 0 Å². The Kier molecular flexibility index (Phi) is 4.01. The van der Waals surface area contributed by atoms with Crippen molar-refractivity contribution in [3.63, 3.8) is 0 Å². The Bertz CT molecular complexity index is 618. The standard InChI is InChI=1S/C16H19N3O2/c1-2-21-14-9-10-17-16(18-14)19-15-12-6-4-3-5-11(12)7-8-13(15)20/h3-6,9-10,13,15,20H,2,7-8H2,1H3,(H,17,18,19)/t13-,15+/m1/s1. The van der Waals surface area contributed by atoms with Crippen LogP contribution < -0.4 is 10.1 Å². The van der Waals surface area contributed by atoms with Gasteiger partial charge in [0.2, 0.25) is 11.8 Å². The number of fused-ring (bicyclic) bond motifs is 1. The lowest BCUT2D eigenvalue weighted by atomic mass is 9.86. The molecule has 3 rings (SSSR count). The number of benzene rings is 1. The minimum Gasteiger partial charge on any atom is -0.478 e. The Morgan fingerprint density at radius 1 is 1.33 bits per heavy atom. The molecule has 1 aromatic heterocycles. The highest BCUT2D eigenvalue weighted by Crippen LogP contribution is 2.32. The lowest BCUT2D eigenvalue weighted by Gasteiger charge is -2.31. The van der Waals surface area contributed by atoms with Crippen molar-refractivity contribution in [3.05, 3.63) is 47.7 Å². The summed E-state index contributed by atoms with van der Waals surface area (Å²) in [7, 11) is 0. The number of nitrogens with one attached hydrogen (secondary N) is 1. The van der Waals surface area contributed by atoms with Crippen LogP contribution in [0, 0.1) is 0 Å². The monoisotopic (exact) mass is 285 g/mol. The van der Waals surface area contributed by atoms with E-state index in [1.165, 1.54) is 5.56 Å². The maximum atomic E-state index is 10.3. The molecule has 0 unspecified atom stereocenters. The summed E-state index contributed by atoms with van der Waals surface area (Å²) in [5.74, 6) is 1.01. The maximum absolute atomic E-state index is 10.3. The Morgan fingerprint density at radius 3 is 3.05 bits per heavy atom. The van der Waals surface area contributed by atoms with Gasteiger partial charge < -0.3 is 15.2 Å². The molecular weight excluding hydrogens is 266 g/mol. The van der Waals surface area contributed by atoms with Gasteiger partial charge in [-0.2, -0.15) is 4.98 Å². The Labute approximate surface area is 124 Å². The number of aliphatic hydroxyl groups is 1. The van der Waals surface area contributed by atoms with Crippen molar-refractivity contribution >= 4 is 5.95 Å². The first-order chi connectivity index (χ1) is 10.3. The highest BCUT2D eigenvalue weighted by atomic mass is 16.5. The number of nitrogens with zero attached hydrogens (tertiary/aromatic N) is 2. The quantitative estimate of drug-likeness (QED) is 0.902. The molecule has 0 bridgehead atoms. The minimum absolute atomic E-state index is 0.188. The average molecular weight is 285 g/mol. The van der Waals surface area contributed by atoms with Crippen LogP contribution in [0.2, 0.25) is 0 Å². The smallest absolute Gasteiger partial charge is 0.226 e. The first-order valence-corrected chi connectivity index (χ1v) is 7.26. The number of hydrogen-bond acceptors (Lipinski definition) is 5. The van der Waals surface area contributed by atoms with Gasteiger partial charge in [-0.1, -0.05) is 24.3 Å². The zero-order valence-corrected chi connectivity index (χ0v) is 12.0. The van der Waals surface area contributed by atoms with Gasteiger partial charge in [0.15, 0.2) is 0 Å². The molecule has 5 heteroatoms. The lowest BCUT2D eigenvalue weighted by Crippen LogP contribution is -2.31. The Morgan fingerprint density at radius 2 is 2.19 bits per heavy atom. The van der Waals surface area contributed by atoms with Crippen molar-refractivity contribution in [2.24, 2.45) is 0 Å². The van der Waals surface area contributed by atoms with Crippen molar-refractivity contribution in [2.75, 3.05) is 11.9 Å². The van der Waals surface area contributed by atoms with Crippen molar-refractivity contribution < 1.29 is 9.84 Å². The summed E-state index contributed by atoms with van der Waals surface area (Å²) in [5.41, 5.74) is 2.38. The predicted octanol–water partition coefficient (Wildman–Crippen LogP) is 2.34. The molecule has 1 aromatic carbocycles. The lowest BCUT2D eigenvalue weighted by molar-refractivity contribution is 0.135. The zero-order valence-electron chi connectivity index (χ0n) is 12.0. The molecule has 5 nitrogen and oxygen atoms in total. The second-order valence-corrected chi connectivity index (χ2v) is 5.08. The van der Waals surface area contributed by atoms with Crippen LogP contribution in [0.3, 0.4) is 0 Å². The van der Waals surface area contributed by atoms with E-state index < -0.39 is 6.10 Å². The van der Waals surface area contributed by atoms with E-state index in [9.17, 15) is 5.11 Å². The normalized spacial score (nSPS) is 20.7. The Balaban J connectivity index is 1.85. The molecule has 0 saturated carbocycles. The van der Waals surface area contributed by atoms with Crippen LogP contribution in [0.4, 0.5) is 5.95 Å². The van der Waals surface area contributed by atoms with Gasteiger partial charge in [0.1, 0.15) is 0 Å². The summed E-state index contributed by atoms with van der Waals surface area (Å²) in [6.07, 6.45) is 2.84. The molecule has 2 atom stereocenters. The van der Waals surface area contributed by atoms with Crippen molar-refractivity contribution in [2.45, 2.75) is 31.9 Å². The number of aryl methyl sites for hydroxylation is 1. The predicted molar refractivity (Wildman–Crippen MR) is 80.3 cm³/mol. The van der Waals surface area contributed by atoms with Crippen LogP contribution in [0.1, 0.15) is 30.5 Å². The van der Waals surface area contributed by atoms with E-state index >= 15 is 0 Å². The number of hydrogen-bond donors (Lipinski definition) is 2. The van der Waals surface area contributed by atoms with Crippen molar-refractivity contribution in [1.82, 2.24) is 9.97 Å². The van der Waals surface area contributed by atoms with E-state index in [0.717, 1.165) is 18.4 Å². The van der Waals surface area contributed by atoms with Crippen LogP contribution in [0.15, 0.2) is 36.5 Å². The molecular formula is C16H19N3O2. The number of anilines is 1. The second kappa shape index (κ2) is 6.10. The molecule has 0 radical (unpaired) electrons. The van der Waals surface area contributed by atoms with E-state index in [-0.39, 0.29) is 6.04 Å². The summed E-state index contributed by atoms with van der Waals surface area (Å²) in [6.45, 7) is 2.47. The summed E-state index contributed by atoms with van der Waals surface area (Å²) in [5, 5.41) is 13.5. The molecule has 110 valence electrons. The van der Waals surface area contributed by atoms with Gasteiger partial charge in [0, 0.05) is 12.3 Å². The van der Waals surface area contributed by atoms with Gasteiger partial charge in [-0.3, -0.25) is 0 Å². The number of ether oxygens (including phenoxy) is 1. The van der Waals surface area contributed by atoms with Gasteiger partial charge in [-0.05, 0) is 30.9 Å². The fraction of sp³-hybridized carbons (Fsp3) is 0.375. The van der Waals surface area contributed by atoms with E-state index in [2.05, 4.69) is 21.4 Å². The van der Waals surface area contributed by atoms with Gasteiger partial charge in [0.25, 0.3) is 0 Å². The molecule has 1 heterocycles. The average Bonchev–Trinajstić information content (AvgIpc) is 2.51. The topological polar surface area (TPSA) is 67.3 Å². The molecule has 1 aliphatic carbocycles. The van der Waals surface area contributed by atoms with E-state index in [4.69, 9.17) is 4.74 Å². The first-order valence-electron chi connectivity index (χ1n) is 7.26. The Hall–Kier alpha value is -2.14. The number of aliphatic hydroxyl groups excluding tert-OH is 1. The zero-order chi connectivity index (χ0) is 14.7. The summed E-state index contributed by atoms with van der Waals surface area (Å²) in [4.78, 5) is 8.52. The number of aromatic nitrogens is 2. The fourth-order valence-corrected chi connectivity index (χ4v) is 2.70. The number of rotatable bonds is 4. The summed E-state index contributed by atoms with van der Waals surface area (Å²) >= 11 is 0. The highest BCUT2D eigenvalue weighted by Gasteiger charge is 2.28. The molecule has 0 spiro atoms. The third-order valence-corrected chi connectivity index (χ3v) is 3.69. The van der Waals surface area contributed by atoms with Crippen molar-refractivity contribution in [3.8, 4) is 5.88 Å². The molecule has 0 fully saturated rings. The molecule has 0 aliphatic heterocycles. The third-order valence-electron chi connectivity index (χ3n) is 3.69. The highest BCUT2D eigenvalue weighted by molar-refractivity contribution is 5.40. The van der Waals surface area contributed by atoms with E-state index in [1.807, 2.05) is 25.1 Å². The van der Waals surface area contributed by atoms with E-state index in [0.29, 0.717) is 18.4 Å². The van der Waals surface area contributed by atoms with E-state index in [1.54, 1.807) is 12.3 Å². The molecule has 2 aromatic rings.